The predicted octanol–water partition coefficient (Wildman–Crippen LogP) is 3.04. The van der Waals surface area contributed by atoms with Gasteiger partial charge in [-0.2, -0.15) is 0 Å². The molecule has 0 radical (unpaired) electrons. The summed E-state index contributed by atoms with van der Waals surface area (Å²) in [5, 5.41) is 0. The molecule has 0 spiro atoms. The largest absolute Gasteiger partial charge is 0.477 e. The molecule has 0 saturated carbocycles. The first kappa shape index (κ1) is 15.6. The maximum absolute atomic E-state index is 11.8. The van der Waals surface area contributed by atoms with Crippen molar-refractivity contribution in [3.8, 4) is 0 Å². The maximum atomic E-state index is 11.8. The maximum Gasteiger partial charge on any atom is 0.234 e. The molecule has 0 aromatic heterocycles. The lowest BCUT2D eigenvalue weighted by atomic mass is 9.89. The Balaban J connectivity index is 2.05. The molecule has 2 aromatic rings. The van der Waals surface area contributed by atoms with Gasteiger partial charge in [-0.15, -0.1) is 0 Å². The van der Waals surface area contributed by atoms with E-state index in [0.29, 0.717) is 12.5 Å². The monoisotopic (exact) mass is 329 g/mol. The number of sulfonamides is 1. The van der Waals surface area contributed by atoms with Gasteiger partial charge in [0.05, 0.1) is 6.26 Å². The van der Waals surface area contributed by atoms with Gasteiger partial charge in [0.2, 0.25) is 15.9 Å². The molecule has 0 bridgehead atoms. The Morgan fingerprint density at radius 1 is 1.04 bits per heavy atom. The summed E-state index contributed by atoms with van der Waals surface area (Å²) in [6.45, 7) is 0.396. The molecule has 0 N–H and O–H groups in total. The van der Waals surface area contributed by atoms with Crippen LogP contribution in [-0.2, 0) is 14.8 Å². The Bertz CT molecular complexity index is 828. The number of hydrogen-bond donors (Lipinski definition) is 0. The zero-order valence-electron chi connectivity index (χ0n) is 13.1. The van der Waals surface area contributed by atoms with Crippen LogP contribution in [0.3, 0.4) is 0 Å². The molecule has 0 amide bonds. The van der Waals surface area contributed by atoms with Crippen LogP contribution in [-0.4, -0.2) is 32.6 Å². The Hall–Kier alpha value is -2.27. The van der Waals surface area contributed by atoms with Gasteiger partial charge in [-0.3, -0.25) is 0 Å². The summed E-state index contributed by atoms with van der Waals surface area (Å²) >= 11 is 0. The average Bonchev–Trinajstić information content (AvgIpc) is 2.73. The van der Waals surface area contributed by atoms with E-state index in [2.05, 4.69) is 18.2 Å². The zero-order chi connectivity index (χ0) is 16.4. The fraction of sp³-hybridized carbons (Fsp3) is 0.222. The van der Waals surface area contributed by atoms with E-state index in [4.69, 9.17) is 4.74 Å². The third-order valence-electron chi connectivity index (χ3n) is 4.06. The van der Waals surface area contributed by atoms with E-state index < -0.39 is 10.0 Å². The van der Waals surface area contributed by atoms with E-state index in [9.17, 15) is 8.42 Å². The van der Waals surface area contributed by atoms with Gasteiger partial charge in [0, 0.05) is 19.0 Å². The molecule has 1 aliphatic rings. The van der Waals surface area contributed by atoms with Crippen molar-refractivity contribution in [2.24, 2.45) is 0 Å². The van der Waals surface area contributed by atoms with E-state index in [0.717, 1.165) is 16.7 Å². The van der Waals surface area contributed by atoms with E-state index >= 15 is 0 Å². The molecular formula is C18H19NO3S. The van der Waals surface area contributed by atoms with Gasteiger partial charge >= 0.3 is 0 Å². The smallest absolute Gasteiger partial charge is 0.234 e. The Morgan fingerprint density at radius 3 is 2.39 bits per heavy atom. The minimum atomic E-state index is -3.36. The van der Waals surface area contributed by atoms with E-state index in [1.54, 1.807) is 6.08 Å². The minimum absolute atomic E-state index is 0.0640. The predicted molar refractivity (Wildman–Crippen MR) is 91.3 cm³/mol. The lowest BCUT2D eigenvalue weighted by Gasteiger charge is -2.21. The average molecular weight is 329 g/mol. The summed E-state index contributed by atoms with van der Waals surface area (Å²) in [6, 6.07) is 18.1. The second-order valence-electron chi connectivity index (χ2n) is 5.62. The molecular weight excluding hydrogens is 310 g/mol. The van der Waals surface area contributed by atoms with E-state index in [1.165, 1.54) is 17.6 Å². The van der Waals surface area contributed by atoms with Crippen LogP contribution < -0.4 is 0 Å². The molecule has 4 nitrogen and oxygen atoms in total. The summed E-state index contributed by atoms with van der Waals surface area (Å²) in [6.07, 6.45) is 2.96. The van der Waals surface area contributed by atoms with Gasteiger partial charge in [0.25, 0.3) is 0 Å². The van der Waals surface area contributed by atoms with E-state index in [1.807, 2.05) is 36.4 Å². The normalized spacial score (nSPS) is 17.5. The van der Waals surface area contributed by atoms with E-state index in [-0.39, 0.29) is 5.92 Å². The van der Waals surface area contributed by atoms with Crippen LogP contribution in [0.4, 0.5) is 0 Å². The molecule has 5 heteroatoms. The van der Waals surface area contributed by atoms with Gasteiger partial charge in [-0.05, 0) is 16.7 Å². The summed E-state index contributed by atoms with van der Waals surface area (Å²) in [5.74, 6) is 0.410. The van der Waals surface area contributed by atoms with Crippen LogP contribution in [0.15, 0.2) is 60.5 Å². The summed E-state index contributed by atoms with van der Waals surface area (Å²) < 4.78 is 30.6. The van der Waals surface area contributed by atoms with Gasteiger partial charge in [0.1, 0.15) is 6.61 Å². The highest BCUT2D eigenvalue weighted by molar-refractivity contribution is 7.88. The van der Waals surface area contributed by atoms with Gasteiger partial charge < -0.3 is 4.74 Å². The lowest BCUT2D eigenvalue weighted by molar-refractivity contribution is 0.161. The van der Waals surface area contributed by atoms with Crippen molar-refractivity contribution in [2.45, 2.75) is 5.92 Å². The van der Waals surface area contributed by atoms with Crippen LogP contribution in [0.2, 0.25) is 0 Å². The van der Waals surface area contributed by atoms with Crippen LogP contribution in [0, 0.1) is 0 Å². The highest BCUT2D eigenvalue weighted by Gasteiger charge is 2.25. The molecule has 0 fully saturated rings. The first-order valence-corrected chi connectivity index (χ1v) is 9.24. The number of nitrogens with zero attached hydrogens (tertiary/aromatic N) is 1. The number of fused-ring (bicyclic) bond motifs is 1. The summed E-state index contributed by atoms with van der Waals surface area (Å²) in [4.78, 5) is 0. The van der Waals surface area contributed by atoms with Crippen molar-refractivity contribution in [1.29, 1.82) is 0 Å². The molecule has 0 aliphatic carbocycles. The summed E-state index contributed by atoms with van der Waals surface area (Å²) in [7, 11) is -1.86. The van der Waals surface area contributed by atoms with Crippen molar-refractivity contribution in [2.75, 3.05) is 19.9 Å². The standard InChI is InChI=1S/C18H19NO3S/c1-19(23(2,20)21)18-12-15-10-6-7-11-16(15)17(13-22-18)14-8-4-3-5-9-14/h3-12,17H,13H2,1-2H3/t17-/m0/s1. The van der Waals surface area contributed by atoms with Crippen molar-refractivity contribution in [3.05, 3.63) is 77.2 Å². The highest BCUT2D eigenvalue weighted by Crippen LogP contribution is 2.33. The third kappa shape index (κ3) is 3.24. The molecule has 1 heterocycles. The number of ether oxygens (including phenoxy) is 1. The molecule has 3 rings (SSSR count). The lowest BCUT2D eigenvalue weighted by Crippen LogP contribution is -2.26. The molecule has 0 saturated heterocycles. The molecule has 1 aliphatic heterocycles. The van der Waals surface area contributed by atoms with Crippen molar-refractivity contribution >= 4 is 16.1 Å². The summed E-state index contributed by atoms with van der Waals surface area (Å²) in [5.41, 5.74) is 3.26. The van der Waals surface area contributed by atoms with Crippen LogP contribution in [0.5, 0.6) is 0 Å². The van der Waals surface area contributed by atoms with Crippen LogP contribution in [0.25, 0.3) is 6.08 Å². The first-order chi connectivity index (χ1) is 11.0. The quantitative estimate of drug-likeness (QED) is 0.869. The van der Waals surface area contributed by atoms with Crippen LogP contribution in [0.1, 0.15) is 22.6 Å². The zero-order valence-corrected chi connectivity index (χ0v) is 14.0. The number of hydrogen-bond acceptors (Lipinski definition) is 3. The third-order valence-corrected chi connectivity index (χ3v) is 5.23. The second kappa shape index (κ2) is 6.08. The molecule has 1 atom stereocenters. The van der Waals surface area contributed by atoms with Gasteiger partial charge in [-0.25, -0.2) is 12.7 Å². The number of benzene rings is 2. The van der Waals surface area contributed by atoms with Crippen molar-refractivity contribution < 1.29 is 13.2 Å². The highest BCUT2D eigenvalue weighted by atomic mass is 32.2. The second-order valence-corrected chi connectivity index (χ2v) is 7.63. The topological polar surface area (TPSA) is 46.6 Å². The fourth-order valence-corrected chi connectivity index (χ4v) is 3.13. The van der Waals surface area contributed by atoms with Crippen LogP contribution >= 0.6 is 0 Å². The Kier molecular flexibility index (Phi) is 4.13. The SMILES string of the molecule is CN(C1=Cc2ccccc2[C@H](c2ccccc2)CO1)S(C)(=O)=O. The Morgan fingerprint density at radius 2 is 1.70 bits per heavy atom. The number of rotatable bonds is 3. The first-order valence-electron chi connectivity index (χ1n) is 7.39. The minimum Gasteiger partial charge on any atom is -0.477 e. The van der Waals surface area contributed by atoms with Crippen molar-refractivity contribution in [3.63, 3.8) is 0 Å². The fourth-order valence-electron chi connectivity index (χ4n) is 2.70. The molecule has 2 aromatic carbocycles. The molecule has 0 unspecified atom stereocenters. The molecule has 23 heavy (non-hydrogen) atoms. The van der Waals surface area contributed by atoms with Gasteiger partial charge in [0.15, 0.2) is 0 Å². The Labute approximate surface area is 137 Å². The molecule has 120 valence electrons. The van der Waals surface area contributed by atoms with Crippen molar-refractivity contribution in [1.82, 2.24) is 4.31 Å². The van der Waals surface area contributed by atoms with Gasteiger partial charge in [-0.1, -0.05) is 54.6 Å².